The highest BCUT2D eigenvalue weighted by Gasteiger charge is 2.18. The average molecular weight is 330 g/mol. The number of nitro groups is 1. The van der Waals surface area contributed by atoms with Crippen LogP contribution < -0.4 is 5.32 Å². The van der Waals surface area contributed by atoms with Crippen LogP contribution in [0.1, 0.15) is 30.0 Å². The number of nitrogens with zero attached hydrogens (tertiary/aromatic N) is 2. The average Bonchev–Trinajstić information content (AvgIpc) is 3.04. The van der Waals surface area contributed by atoms with Crippen LogP contribution in [-0.4, -0.2) is 34.2 Å². The summed E-state index contributed by atoms with van der Waals surface area (Å²) in [4.78, 5) is 22.4. The first kappa shape index (κ1) is 16.1. The van der Waals surface area contributed by atoms with E-state index in [9.17, 15) is 14.9 Å². The van der Waals surface area contributed by atoms with Crippen LogP contribution in [0, 0.1) is 10.1 Å². The normalized spacial score (nSPS) is 15.2. The lowest BCUT2D eigenvalue weighted by Gasteiger charge is -2.20. The molecule has 0 unspecified atom stereocenters. The van der Waals surface area contributed by atoms with Gasteiger partial charge in [0.05, 0.1) is 11.3 Å². The fraction of sp³-hybridized carbons (Fsp3) is 0.375. The Hall–Kier alpha value is -2.74. The van der Waals surface area contributed by atoms with Crippen molar-refractivity contribution in [2.24, 2.45) is 0 Å². The van der Waals surface area contributed by atoms with Crippen LogP contribution in [0.25, 0.3) is 0 Å². The zero-order valence-corrected chi connectivity index (χ0v) is 13.0. The summed E-state index contributed by atoms with van der Waals surface area (Å²) in [6, 6.07) is 7.89. The predicted molar refractivity (Wildman–Crippen MR) is 86.8 cm³/mol. The number of carbonyl (C=O) groups excluding carboxylic acids is 1. The van der Waals surface area contributed by atoms with Gasteiger partial charge in [-0.05, 0) is 18.4 Å². The maximum absolute atomic E-state index is 12.1. The molecule has 1 aromatic heterocycles. The van der Waals surface area contributed by atoms with E-state index >= 15 is 0 Å². The fourth-order valence-corrected chi connectivity index (χ4v) is 2.77. The van der Waals surface area contributed by atoms with Crippen LogP contribution in [-0.2, 0) is 16.0 Å². The standard InChI is InChI=1S/C16H18N4O4/c21-16(9-11-2-1-3-13(8-11)20(22)23)17-15-10-14(18-19-15)12-4-6-24-7-5-12/h1-3,8,10,12H,4-7,9H2,(H2,17,18,19,21). The summed E-state index contributed by atoms with van der Waals surface area (Å²) in [5, 5.41) is 20.6. The highest BCUT2D eigenvalue weighted by atomic mass is 16.6. The Morgan fingerprint density at radius 2 is 2.17 bits per heavy atom. The summed E-state index contributed by atoms with van der Waals surface area (Å²) in [5.41, 5.74) is 1.55. The number of nitro benzene ring substituents is 1. The van der Waals surface area contributed by atoms with Gasteiger partial charge in [-0.2, -0.15) is 5.10 Å². The van der Waals surface area contributed by atoms with Crippen LogP contribution >= 0.6 is 0 Å². The molecule has 0 aliphatic carbocycles. The van der Waals surface area contributed by atoms with Crippen molar-refractivity contribution in [3.05, 3.63) is 51.7 Å². The molecular weight excluding hydrogens is 312 g/mol. The number of aromatic amines is 1. The molecule has 2 aromatic rings. The summed E-state index contributed by atoms with van der Waals surface area (Å²) in [7, 11) is 0. The first-order valence-electron chi connectivity index (χ1n) is 7.78. The van der Waals surface area contributed by atoms with Crippen molar-refractivity contribution in [2.45, 2.75) is 25.2 Å². The van der Waals surface area contributed by atoms with Crippen molar-refractivity contribution in [3.8, 4) is 0 Å². The number of nitrogens with one attached hydrogen (secondary N) is 2. The van der Waals surface area contributed by atoms with E-state index in [-0.39, 0.29) is 18.0 Å². The lowest BCUT2D eigenvalue weighted by molar-refractivity contribution is -0.384. The third-order valence-corrected chi connectivity index (χ3v) is 4.01. The van der Waals surface area contributed by atoms with Crippen molar-refractivity contribution in [1.82, 2.24) is 10.2 Å². The quantitative estimate of drug-likeness (QED) is 0.646. The summed E-state index contributed by atoms with van der Waals surface area (Å²) >= 11 is 0. The lowest BCUT2D eigenvalue weighted by atomic mass is 9.97. The lowest BCUT2D eigenvalue weighted by Crippen LogP contribution is -2.15. The first-order chi connectivity index (χ1) is 11.6. The molecule has 1 saturated heterocycles. The summed E-state index contributed by atoms with van der Waals surface area (Å²) in [6.45, 7) is 1.47. The second kappa shape index (κ2) is 7.22. The van der Waals surface area contributed by atoms with E-state index in [1.807, 2.05) is 6.07 Å². The molecule has 1 aromatic carbocycles. The smallest absolute Gasteiger partial charge is 0.269 e. The molecule has 0 radical (unpaired) electrons. The number of hydrogen-bond donors (Lipinski definition) is 2. The number of ether oxygens (including phenoxy) is 1. The third-order valence-electron chi connectivity index (χ3n) is 4.01. The second-order valence-electron chi connectivity index (χ2n) is 5.75. The largest absolute Gasteiger partial charge is 0.381 e. The van der Waals surface area contributed by atoms with Gasteiger partial charge in [-0.3, -0.25) is 20.0 Å². The number of carbonyl (C=O) groups is 1. The Morgan fingerprint density at radius 3 is 2.92 bits per heavy atom. The number of hydrogen-bond acceptors (Lipinski definition) is 5. The van der Waals surface area contributed by atoms with Gasteiger partial charge in [-0.1, -0.05) is 12.1 Å². The van der Waals surface area contributed by atoms with E-state index in [2.05, 4.69) is 15.5 Å². The molecule has 3 rings (SSSR count). The summed E-state index contributed by atoms with van der Waals surface area (Å²) in [5.74, 6) is 0.570. The van der Waals surface area contributed by atoms with Gasteiger partial charge >= 0.3 is 0 Å². The van der Waals surface area contributed by atoms with Crippen LogP contribution in [0.3, 0.4) is 0 Å². The summed E-state index contributed by atoms with van der Waals surface area (Å²) in [6.07, 6.45) is 1.92. The van der Waals surface area contributed by atoms with Crippen LogP contribution in [0.2, 0.25) is 0 Å². The van der Waals surface area contributed by atoms with Crippen LogP contribution in [0.15, 0.2) is 30.3 Å². The van der Waals surface area contributed by atoms with Gasteiger partial charge in [0.15, 0.2) is 5.82 Å². The molecular formula is C16H18N4O4. The zero-order valence-electron chi connectivity index (χ0n) is 13.0. The van der Waals surface area contributed by atoms with E-state index in [0.29, 0.717) is 17.3 Å². The molecule has 0 bridgehead atoms. The van der Waals surface area contributed by atoms with Crippen molar-refractivity contribution in [3.63, 3.8) is 0 Å². The number of rotatable bonds is 5. The summed E-state index contributed by atoms with van der Waals surface area (Å²) < 4.78 is 5.33. The molecule has 2 heterocycles. The SMILES string of the molecule is O=C(Cc1cccc([N+](=O)[O-])c1)Nc1cc(C2CCOCC2)[nH]n1. The number of H-pyrrole nitrogens is 1. The maximum atomic E-state index is 12.1. The number of aromatic nitrogens is 2. The molecule has 0 spiro atoms. The Kier molecular flexibility index (Phi) is 4.85. The Morgan fingerprint density at radius 1 is 1.38 bits per heavy atom. The molecule has 1 aliphatic heterocycles. The van der Waals surface area contributed by atoms with Gasteiger partial charge in [0.25, 0.3) is 5.69 Å². The fourth-order valence-electron chi connectivity index (χ4n) is 2.77. The Labute approximate surface area is 138 Å². The van der Waals surface area contributed by atoms with Crippen molar-refractivity contribution >= 4 is 17.4 Å². The van der Waals surface area contributed by atoms with Gasteiger partial charge in [0, 0.05) is 43.0 Å². The zero-order chi connectivity index (χ0) is 16.9. The molecule has 8 nitrogen and oxygen atoms in total. The first-order valence-corrected chi connectivity index (χ1v) is 7.78. The van der Waals surface area contributed by atoms with Gasteiger partial charge < -0.3 is 10.1 Å². The maximum Gasteiger partial charge on any atom is 0.269 e. The highest BCUT2D eigenvalue weighted by molar-refractivity contribution is 5.91. The third kappa shape index (κ3) is 3.96. The molecule has 24 heavy (non-hydrogen) atoms. The van der Waals surface area contributed by atoms with Gasteiger partial charge in [-0.15, -0.1) is 0 Å². The van der Waals surface area contributed by atoms with Crippen LogP contribution in [0.5, 0.6) is 0 Å². The Bertz CT molecular complexity index is 737. The monoisotopic (exact) mass is 330 g/mol. The number of amides is 1. The topological polar surface area (TPSA) is 110 Å². The molecule has 1 aliphatic rings. The van der Waals surface area contributed by atoms with E-state index in [0.717, 1.165) is 31.7 Å². The van der Waals surface area contributed by atoms with Gasteiger partial charge in [-0.25, -0.2) is 0 Å². The van der Waals surface area contributed by atoms with E-state index < -0.39 is 4.92 Å². The minimum atomic E-state index is -0.477. The highest BCUT2D eigenvalue weighted by Crippen LogP contribution is 2.26. The molecule has 1 amide bonds. The molecule has 1 fully saturated rings. The molecule has 2 N–H and O–H groups in total. The van der Waals surface area contributed by atoms with E-state index in [1.54, 1.807) is 12.1 Å². The van der Waals surface area contributed by atoms with E-state index in [4.69, 9.17) is 4.74 Å². The Balaban J connectivity index is 1.60. The molecule has 8 heteroatoms. The minimum Gasteiger partial charge on any atom is -0.381 e. The van der Waals surface area contributed by atoms with E-state index in [1.165, 1.54) is 12.1 Å². The molecule has 0 saturated carbocycles. The molecule has 126 valence electrons. The minimum absolute atomic E-state index is 0.0260. The second-order valence-corrected chi connectivity index (χ2v) is 5.75. The van der Waals surface area contributed by atoms with Crippen molar-refractivity contribution in [1.29, 1.82) is 0 Å². The van der Waals surface area contributed by atoms with Gasteiger partial charge in [0.2, 0.25) is 5.91 Å². The van der Waals surface area contributed by atoms with Crippen LogP contribution in [0.4, 0.5) is 11.5 Å². The number of benzene rings is 1. The van der Waals surface area contributed by atoms with Gasteiger partial charge in [0.1, 0.15) is 0 Å². The van der Waals surface area contributed by atoms with Crippen molar-refractivity contribution < 1.29 is 14.5 Å². The number of anilines is 1. The number of non-ortho nitro benzene ring substituents is 1. The van der Waals surface area contributed by atoms with Crippen molar-refractivity contribution in [2.75, 3.05) is 18.5 Å². The predicted octanol–water partition coefficient (Wildman–Crippen LogP) is 2.39. The molecule has 0 atom stereocenters.